The molecule has 0 saturated carbocycles. The van der Waals surface area contributed by atoms with Gasteiger partial charge in [-0.3, -0.25) is 4.79 Å². The van der Waals surface area contributed by atoms with Crippen molar-refractivity contribution in [2.24, 2.45) is 0 Å². The number of carbonyl (C=O) groups excluding carboxylic acids is 1. The second-order valence-corrected chi connectivity index (χ2v) is 4.59. The second-order valence-electron chi connectivity index (χ2n) is 3.80. The molecule has 0 aromatic carbocycles. The fourth-order valence-electron chi connectivity index (χ4n) is 1.84. The number of amides is 1. The Morgan fingerprint density at radius 1 is 1.47 bits per heavy atom. The van der Waals surface area contributed by atoms with E-state index < -0.39 is 24.0 Å². The maximum absolute atomic E-state index is 12.0. The van der Waals surface area contributed by atoms with Crippen LogP contribution < -0.4 is 0 Å². The Morgan fingerprint density at radius 3 is 2.71 bits per heavy atom. The predicted octanol–water partition coefficient (Wildman–Crippen LogP) is 0.702. The molecular weight excluding hydrogens is 294 g/mol. The van der Waals surface area contributed by atoms with Crippen LogP contribution in [0.15, 0.2) is 21.2 Å². The minimum Gasteiger partial charge on any atom is -0.480 e. The van der Waals surface area contributed by atoms with Crippen LogP contribution in [0.2, 0.25) is 0 Å². The molecule has 1 fully saturated rings. The van der Waals surface area contributed by atoms with Crippen LogP contribution >= 0.6 is 15.9 Å². The third-order valence-electron chi connectivity index (χ3n) is 2.61. The molecule has 1 unspecified atom stereocenters. The Bertz CT molecular complexity index is 457. The molecule has 1 aliphatic heterocycles. The molecule has 2 atom stereocenters. The number of hydrogen-bond acceptors (Lipinski definition) is 4. The number of carbonyl (C=O) groups is 2. The number of nitrogens with zero attached hydrogens (tertiary/aromatic N) is 1. The number of halogens is 1. The molecule has 0 bridgehead atoms. The van der Waals surface area contributed by atoms with Crippen molar-refractivity contribution in [2.45, 2.75) is 18.6 Å². The smallest absolute Gasteiger partial charge is 0.326 e. The maximum atomic E-state index is 12.0. The lowest BCUT2D eigenvalue weighted by atomic mass is 10.2. The van der Waals surface area contributed by atoms with Crippen LogP contribution in [0.25, 0.3) is 0 Å². The molecule has 17 heavy (non-hydrogen) atoms. The van der Waals surface area contributed by atoms with Crippen molar-refractivity contribution in [2.75, 3.05) is 6.54 Å². The van der Waals surface area contributed by atoms with Gasteiger partial charge < -0.3 is 19.5 Å². The number of rotatable bonds is 2. The van der Waals surface area contributed by atoms with Gasteiger partial charge in [-0.1, -0.05) is 0 Å². The lowest BCUT2D eigenvalue weighted by Crippen LogP contribution is -2.40. The van der Waals surface area contributed by atoms with E-state index in [-0.39, 0.29) is 18.7 Å². The summed E-state index contributed by atoms with van der Waals surface area (Å²) in [5.74, 6) is -1.60. The van der Waals surface area contributed by atoms with Gasteiger partial charge >= 0.3 is 5.97 Å². The van der Waals surface area contributed by atoms with Crippen LogP contribution in [-0.2, 0) is 4.79 Å². The number of carboxylic acid groups (broad SMARTS) is 1. The third kappa shape index (κ3) is 2.34. The SMILES string of the molecule is O=C(O)[C@@H]1CC(O)CN1C(=O)c1ccc(Br)o1. The molecule has 92 valence electrons. The minimum atomic E-state index is -1.12. The Morgan fingerprint density at radius 2 is 2.18 bits per heavy atom. The summed E-state index contributed by atoms with van der Waals surface area (Å²) in [6.45, 7) is 0.00805. The van der Waals surface area contributed by atoms with Gasteiger partial charge in [0.1, 0.15) is 6.04 Å². The number of furan rings is 1. The van der Waals surface area contributed by atoms with Crippen LogP contribution in [0.5, 0.6) is 0 Å². The largest absolute Gasteiger partial charge is 0.480 e. The highest BCUT2D eigenvalue weighted by molar-refractivity contribution is 9.10. The van der Waals surface area contributed by atoms with Crippen molar-refractivity contribution >= 4 is 27.8 Å². The number of aliphatic hydroxyl groups is 1. The molecule has 0 spiro atoms. The summed E-state index contributed by atoms with van der Waals surface area (Å²) in [6.07, 6.45) is -0.762. The highest BCUT2D eigenvalue weighted by Crippen LogP contribution is 2.23. The predicted molar refractivity (Wildman–Crippen MR) is 59.5 cm³/mol. The van der Waals surface area contributed by atoms with Crippen LogP contribution in [0, 0.1) is 0 Å². The highest BCUT2D eigenvalue weighted by Gasteiger charge is 2.40. The number of carboxylic acids is 1. The van der Waals surface area contributed by atoms with Crippen LogP contribution in [0.3, 0.4) is 0 Å². The summed E-state index contributed by atoms with van der Waals surface area (Å²) in [5, 5.41) is 18.4. The van der Waals surface area contributed by atoms with Crippen LogP contribution in [-0.4, -0.2) is 45.7 Å². The third-order valence-corrected chi connectivity index (χ3v) is 3.04. The van der Waals surface area contributed by atoms with Gasteiger partial charge in [0.25, 0.3) is 5.91 Å². The zero-order valence-electron chi connectivity index (χ0n) is 8.67. The van der Waals surface area contributed by atoms with Crippen molar-refractivity contribution in [3.8, 4) is 0 Å². The summed E-state index contributed by atoms with van der Waals surface area (Å²) in [6, 6.07) is 2.01. The van der Waals surface area contributed by atoms with E-state index in [0.29, 0.717) is 4.67 Å². The monoisotopic (exact) mass is 303 g/mol. The van der Waals surface area contributed by atoms with E-state index in [1.54, 1.807) is 6.07 Å². The van der Waals surface area contributed by atoms with Gasteiger partial charge in [-0.15, -0.1) is 0 Å². The van der Waals surface area contributed by atoms with Crippen molar-refractivity contribution in [3.63, 3.8) is 0 Å². The van der Waals surface area contributed by atoms with Crippen molar-refractivity contribution in [3.05, 3.63) is 22.6 Å². The molecule has 0 aliphatic carbocycles. The standard InChI is InChI=1S/C10H10BrNO5/c11-8-2-1-7(17-8)9(14)12-4-5(13)3-6(12)10(15)16/h1-2,5-6,13H,3-4H2,(H,15,16)/t5?,6-/m0/s1. The van der Waals surface area contributed by atoms with Gasteiger partial charge in [-0.2, -0.15) is 0 Å². The average Bonchev–Trinajstić information content (AvgIpc) is 2.83. The second kappa shape index (κ2) is 4.50. The van der Waals surface area contributed by atoms with E-state index in [9.17, 15) is 14.7 Å². The molecule has 6 nitrogen and oxygen atoms in total. The molecule has 2 rings (SSSR count). The van der Waals surface area contributed by atoms with E-state index in [4.69, 9.17) is 9.52 Å². The first kappa shape index (κ1) is 12.1. The quantitative estimate of drug-likeness (QED) is 0.839. The Balaban J connectivity index is 2.21. The van der Waals surface area contributed by atoms with Gasteiger partial charge in [-0.25, -0.2) is 4.79 Å². The van der Waals surface area contributed by atoms with Crippen molar-refractivity contribution in [1.29, 1.82) is 0 Å². The summed E-state index contributed by atoms with van der Waals surface area (Å²) < 4.78 is 5.47. The van der Waals surface area contributed by atoms with Crippen molar-refractivity contribution in [1.82, 2.24) is 4.90 Å². The van der Waals surface area contributed by atoms with Gasteiger partial charge in [0.2, 0.25) is 0 Å². The van der Waals surface area contributed by atoms with Crippen LogP contribution in [0.4, 0.5) is 0 Å². The highest BCUT2D eigenvalue weighted by atomic mass is 79.9. The molecular formula is C10H10BrNO5. The summed E-state index contributed by atoms with van der Waals surface area (Å²) in [5.41, 5.74) is 0. The van der Waals surface area contributed by atoms with Gasteiger partial charge in [0.05, 0.1) is 6.10 Å². The minimum absolute atomic E-state index is 0.00805. The maximum Gasteiger partial charge on any atom is 0.326 e. The fraction of sp³-hybridized carbons (Fsp3) is 0.400. The van der Waals surface area contributed by atoms with E-state index >= 15 is 0 Å². The topological polar surface area (TPSA) is 91.0 Å². The molecule has 1 amide bonds. The van der Waals surface area contributed by atoms with E-state index in [1.807, 2.05) is 0 Å². The zero-order chi connectivity index (χ0) is 12.6. The first-order valence-corrected chi connectivity index (χ1v) is 5.75. The average molecular weight is 304 g/mol. The Labute approximate surface area is 105 Å². The van der Waals surface area contributed by atoms with Gasteiger partial charge in [0.15, 0.2) is 10.4 Å². The molecule has 7 heteroatoms. The summed E-state index contributed by atoms with van der Waals surface area (Å²) in [7, 11) is 0. The number of hydrogen-bond donors (Lipinski definition) is 2. The molecule has 2 heterocycles. The van der Waals surface area contributed by atoms with Crippen LogP contribution in [0.1, 0.15) is 17.0 Å². The van der Waals surface area contributed by atoms with Crippen molar-refractivity contribution < 1.29 is 24.2 Å². The number of aliphatic hydroxyl groups excluding tert-OH is 1. The Kier molecular flexibility index (Phi) is 3.21. The fourth-order valence-corrected chi connectivity index (χ4v) is 2.15. The first-order chi connectivity index (χ1) is 7.99. The molecule has 0 radical (unpaired) electrons. The lowest BCUT2D eigenvalue weighted by molar-refractivity contribution is -0.141. The molecule has 1 saturated heterocycles. The lowest BCUT2D eigenvalue weighted by Gasteiger charge is -2.19. The van der Waals surface area contributed by atoms with Gasteiger partial charge in [-0.05, 0) is 28.1 Å². The first-order valence-electron chi connectivity index (χ1n) is 4.96. The molecule has 1 aromatic rings. The normalized spacial score (nSPS) is 24.0. The van der Waals surface area contributed by atoms with Gasteiger partial charge in [0, 0.05) is 13.0 Å². The number of β-amino-alcohol motifs (C(OH)–C–C–N with tert-alkyl or cyclic N) is 1. The molecule has 1 aliphatic rings. The summed E-state index contributed by atoms with van der Waals surface area (Å²) >= 11 is 3.06. The molecule has 1 aromatic heterocycles. The number of aliphatic carboxylic acids is 1. The molecule has 2 N–H and O–H groups in total. The number of likely N-dealkylation sites (tertiary alicyclic amines) is 1. The summed E-state index contributed by atoms with van der Waals surface area (Å²) in [4.78, 5) is 24.0. The van der Waals surface area contributed by atoms with E-state index in [0.717, 1.165) is 4.90 Å². The van der Waals surface area contributed by atoms with E-state index in [1.165, 1.54) is 6.07 Å². The zero-order valence-corrected chi connectivity index (χ0v) is 10.3. The Hall–Kier alpha value is -1.34. The van der Waals surface area contributed by atoms with E-state index in [2.05, 4.69) is 15.9 Å².